The van der Waals surface area contributed by atoms with Crippen LogP contribution in [0.15, 0.2) is 0 Å². The quantitative estimate of drug-likeness (QED) is 0.633. The van der Waals surface area contributed by atoms with Gasteiger partial charge in [0.1, 0.15) is 0 Å². The highest BCUT2D eigenvalue weighted by Crippen LogP contribution is 2.28. The maximum absolute atomic E-state index is 5.69. The molecule has 1 aliphatic rings. The Labute approximate surface area is 88.0 Å². The van der Waals surface area contributed by atoms with Crippen LogP contribution in [0.5, 0.6) is 0 Å². The number of hydrogen-bond acceptors (Lipinski definition) is 2. The molecule has 0 bridgehead atoms. The Morgan fingerprint density at radius 2 is 1.86 bits per heavy atom. The van der Waals surface area contributed by atoms with Crippen LogP contribution in [-0.2, 0) is 9.47 Å². The summed E-state index contributed by atoms with van der Waals surface area (Å²) in [6.07, 6.45) is 6.39. The van der Waals surface area contributed by atoms with E-state index in [4.69, 9.17) is 9.47 Å². The average Bonchev–Trinajstić information content (AvgIpc) is 2.19. The molecule has 0 aliphatic heterocycles. The summed E-state index contributed by atoms with van der Waals surface area (Å²) in [5, 5.41) is 0. The molecule has 0 aromatic carbocycles. The van der Waals surface area contributed by atoms with Gasteiger partial charge in [0, 0.05) is 13.5 Å². The van der Waals surface area contributed by atoms with Crippen LogP contribution in [0.1, 0.15) is 46.0 Å². The van der Waals surface area contributed by atoms with Crippen molar-refractivity contribution in [2.75, 3.05) is 6.61 Å². The monoisotopic (exact) mass is 199 g/mol. The van der Waals surface area contributed by atoms with Crippen LogP contribution in [0.4, 0.5) is 0 Å². The molecular formula is C12H23O2. The van der Waals surface area contributed by atoms with Crippen molar-refractivity contribution in [3.05, 3.63) is 6.92 Å². The van der Waals surface area contributed by atoms with Crippen LogP contribution in [0, 0.1) is 12.8 Å². The summed E-state index contributed by atoms with van der Waals surface area (Å²) in [6, 6.07) is 0. The summed E-state index contributed by atoms with van der Waals surface area (Å²) in [6.45, 7) is 8.74. The molecule has 1 saturated carbocycles. The lowest BCUT2D eigenvalue weighted by Gasteiger charge is -2.29. The summed E-state index contributed by atoms with van der Waals surface area (Å²) >= 11 is 0. The Morgan fingerprint density at radius 3 is 2.36 bits per heavy atom. The highest BCUT2D eigenvalue weighted by atomic mass is 16.7. The topological polar surface area (TPSA) is 18.5 Å². The Balaban J connectivity index is 2.15. The molecule has 0 amide bonds. The fraction of sp³-hybridized carbons (Fsp3) is 0.917. The highest BCUT2D eigenvalue weighted by Gasteiger charge is 2.21. The molecule has 1 fully saturated rings. The lowest BCUT2D eigenvalue weighted by Crippen LogP contribution is -2.26. The number of hydrogen-bond donors (Lipinski definition) is 0. The summed E-state index contributed by atoms with van der Waals surface area (Å²) in [5.41, 5.74) is 0. The van der Waals surface area contributed by atoms with E-state index in [1.54, 1.807) is 0 Å². The molecule has 1 rings (SSSR count). The molecule has 1 aliphatic carbocycles. The molecule has 0 spiro atoms. The first-order valence-electron chi connectivity index (χ1n) is 5.86. The molecule has 1 atom stereocenters. The maximum Gasteiger partial charge on any atom is 0.158 e. The van der Waals surface area contributed by atoms with Gasteiger partial charge in [-0.3, -0.25) is 0 Å². The van der Waals surface area contributed by atoms with Crippen LogP contribution in [0.3, 0.4) is 0 Å². The van der Waals surface area contributed by atoms with Crippen LogP contribution in [0.25, 0.3) is 0 Å². The van der Waals surface area contributed by atoms with Crippen molar-refractivity contribution in [2.24, 2.45) is 5.92 Å². The second kappa shape index (κ2) is 6.41. The Morgan fingerprint density at radius 1 is 1.21 bits per heavy atom. The number of ether oxygens (including phenoxy) is 2. The summed E-state index contributed by atoms with van der Waals surface area (Å²) < 4.78 is 11.0. The molecule has 1 radical (unpaired) electrons. The van der Waals surface area contributed by atoms with Gasteiger partial charge in [0.2, 0.25) is 0 Å². The van der Waals surface area contributed by atoms with Crippen molar-refractivity contribution in [1.29, 1.82) is 0 Å². The van der Waals surface area contributed by atoms with Crippen LogP contribution < -0.4 is 0 Å². The van der Waals surface area contributed by atoms with E-state index in [1.807, 2.05) is 6.92 Å². The van der Waals surface area contributed by atoms with Crippen molar-refractivity contribution in [1.82, 2.24) is 0 Å². The van der Waals surface area contributed by atoms with Crippen molar-refractivity contribution in [2.45, 2.75) is 58.3 Å². The van der Waals surface area contributed by atoms with E-state index in [9.17, 15) is 0 Å². The van der Waals surface area contributed by atoms with E-state index in [1.165, 1.54) is 32.1 Å². The van der Waals surface area contributed by atoms with Crippen molar-refractivity contribution >= 4 is 0 Å². The zero-order chi connectivity index (χ0) is 10.4. The van der Waals surface area contributed by atoms with Gasteiger partial charge in [-0.15, -0.1) is 0 Å². The molecule has 2 heteroatoms. The number of rotatable bonds is 5. The first-order chi connectivity index (χ1) is 6.76. The summed E-state index contributed by atoms with van der Waals surface area (Å²) in [5.74, 6) is 0.921. The fourth-order valence-electron chi connectivity index (χ4n) is 2.12. The maximum atomic E-state index is 5.69. The van der Waals surface area contributed by atoms with Crippen molar-refractivity contribution < 1.29 is 9.47 Å². The van der Waals surface area contributed by atoms with E-state index in [-0.39, 0.29) is 6.29 Å². The second-order valence-corrected chi connectivity index (χ2v) is 4.07. The molecule has 0 aromatic heterocycles. The van der Waals surface area contributed by atoms with Gasteiger partial charge >= 0.3 is 0 Å². The minimum atomic E-state index is -0.275. The molecule has 14 heavy (non-hydrogen) atoms. The van der Waals surface area contributed by atoms with Crippen molar-refractivity contribution in [3.8, 4) is 0 Å². The van der Waals surface area contributed by atoms with Crippen molar-refractivity contribution in [3.63, 3.8) is 0 Å². The first-order valence-corrected chi connectivity index (χ1v) is 5.86. The normalized spacial score (nSPS) is 30.2. The van der Waals surface area contributed by atoms with Crippen LogP contribution >= 0.6 is 0 Å². The van der Waals surface area contributed by atoms with Crippen LogP contribution in [0.2, 0.25) is 0 Å². The predicted octanol–water partition coefficient (Wildman–Crippen LogP) is 3.17. The van der Waals surface area contributed by atoms with Crippen LogP contribution in [-0.4, -0.2) is 19.0 Å². The first kappa shape index (κ1) is 12.0. The molecule has 0 saturated heterocycles. The zero-order valence-electron chi connectivity index (χ0n) is 9.50. The molecule has 0 aromatic rings. The van der Waals surface area contributed by atoms with Gasteiger partial charge in [0.15, 0.2) is 6.29 Å². The minimum absolute atomic E-state index is 0.275. The average molecular weight is 199 g/mol. The Hall–Kier alpha value is -0.0800. The SMILES string of the molecule is [CH2]C(OCC)OC1CCC(CC)CC1. The van der Waals surface area contributed by atoms with E-state index in [0.717, 1.165) is 5.92 Å². The molecule has 1 unspecified atom stereocenters. The van der Waals surface area contributed by atoms with E-state index in [2.05, 4.69) is 13.8 Å². The molecular weight excluding hydrogens is 176 g/mol. The van der Waals surface area contributed by atoms with E-state index in [0.29, 0.717) is 12.7 Å². The van der Waals surface area contributed by atoms with Gasteiger partial charge in [-0.25, -0.2) is 0 Å². The zero-order valence-corrected chi connectivity index (χ0v) is 9.50. The van der Waals surface area contributed by atoms with Gasteiger partial charge in [-0.2, -0.15) is 0 Å². The molecule has 2 nitrogen and oxygen atoms in total. The van der Waals surface area contributed by atoms with E-state index < -0.39 is 0 Å². The third kappa shape index (κ3) is 3.97. The van der Waals surface area contributed by atoms with Gasteiger partial charge in [0.25, 0.3) is 0 Å². The fourth-order valence-corrected chi connectivity index (χ4v) is 2.12. The standard InChI is InChI=1S/C12H23O2/c1-4-11-6-8-12(9-7-11)14-10(3)13-5-2/h10-12H,3-9H2,1-2H3. The molecule has 0 heterocycles. The third-order valence-electron chi connectivity index (χ3n) is 3.07. The summed E-state index contributed by atoms with van der Waals surface area (Å²) in [7, 11) is 0. The second-order valence-electron chi connectivity index (χ2n) is 4.07. The largest absolute Gasteiger partial charge is 0.353 e. The third-order valence-corrected chi connectivity index (χ3v) is 3.07. The minimum Gasteiger partial charge on any atom is -0.353 e. The summed E-state index contributed by atoms with van der Waals surface area (Å²) in [4.78, 5) is 0. The predicted molar refractivity (Wildman–Crippen MR) is 57.9 cm³/mol. The lowest BCUT2D eigenvalue weighted by molar-refractivity contribution is -0.150. The van der Waals surface area contributed by atoms with Gasteiger partial charge < -0.3 is 9.47 Å². The molecule has 0 N–H and O–H groups in total. The smallest absolute Gasteiger partial charge is 0.158 e. The lowest BCUT2D eigenvalue weighted by atomic mass is 9.86. The Bertz CT molecular complexity index is 139. The highest BCUT2D eigenvalue weighted by molar-refractivity contribution is 4.72. The van der Waals surface area contributed by atoms with Gasteiger partial charge in [-0.05, 0) is 38.5 Å². The van der Waals surface area contributed by atoms with Gasteiger partial charge in [0.05, 0.1) is 6.10 Å². The Kier molecular flexibility index (Phi) is 5.49. The van der Waals surface area contributed by atoms with Gasteiger partial charge in [-0.1, -0.05) is 13.3 Å². The van der Waals surface area contributed by atoms with E-state index >= 15 is 0 Å². The molecule has 83 valence electrons.